The van der Waals surface area contributed by atoms with E-state index in [1.807, 2.05) is 16.3 Å². The van der Waals surface area contributed by atoms with E-state index in [9.17, 15) is 9.59 Å². The van der Waals surface area contributed by atoms with Crippen molar-refractivity contribution in [3.05, 3.63) is 51.1 Å². The number of fused-ring (bicyclic) bond motifs is 1. The van der Waals surface area contributed by atoms with Crippen molar-refractivity contribution in [2.24, 2.45) is 0 Å². The Balaban J connectivity index is 1.68. The van der Waals surface area contributed by atoms with Crippen molar-refractivity contribution in [3.8, 4) is 5.69 Å². The fourth-order valence-electron chi connectivity index (χ4n) is 3.17. The number of benzene rings is 1. The van der Waals surface area contributed by atoms with Crippen molar-refractivity contribution in [3.63, 3.8) is 0 Å². The maximum absolute atomic E-state index is 13.0. The second-order valence-corrected chi connectivity index (χ2v) is 8.67. The molecule has 8 heteroatoms. The fraction of sp³-hybridized carbons (Fsp3) is 0.316. The third kappa shape index (κ3) is 3.90. The fourth-order valence-corrected chi connectivity index (χ4v) is 4.97. The highest BCUT2D eigenvalue weighted by Crippen LogP contribution is 2.25. The van der Waals surface area contributed by atoms with Crippen molar-refractivity contribution < 1.29 is 4.79 Å². The molecule has 0 unspecified atom stereocenters. The number of rotatable bonds is 4. The smallest absolute Gasteiger partial charge is 0.276 e. The molecule has 3 heterocycles. The summed E-state index contributed by atoms with van der Waals surface area (Å²) >= 11 is 8.68. The van der Waals surface area contributed by atoms with E-state index in [1.165, 1.54) is 29.5 Å². The molecule has 3 aromatic rings. The number of carbonyl (C=O) groups excluding carboxylic acids is 1. The number of carbonyl (C=O) groups is 1. The van der Waals surface area contributed by atoms with Gasteiger partial charge in [-0.15, -0.1) is 11.3 Å². The van der Waals surface area contributed by atoms with E-state index in [0.29, 0.717) is 26.1 Å². The van der Waals surface area contributed by atoms with Crippen LogP contribution in [0, 0.1) is 0 Å². The molecule has 5 nitrogen and oxygen atoms in total. The second kappa shape index (κ2) is 8.04. The van der Waals surface area contributed by atoms with Crippen LogP contribution in [0.15, 0.2) is 45.7 Å². The molecule has 0 atom stereocenters. The normalized spacial score (nSPS) is 14.6. The summed E-state index contributed by atoms with van der Waals surface area (Å²) in [5.41, 5.74) is 1.24. The van der Waals surface area contributed by atoms with Crippen LogP contribution in [0.5, 0.6) is 0 Å². The Kier molecular flexibility index (Phi) is 5.52. The summed E-state index contributed by atoms with van der Waals surface area (Å²) in [5, 5.41) is 2.99. The minimum Gasteiger partial charge on any atom is -0.342 e. The highest BCUT2D eigenvalue weighted by atomic mass is 35.5. The van der Waals surface area contributed by atoms with Crippen LogP contribution >= 0.6 is 34.7 Å². The molecule has 0 spiro atoms. The number of thioether (sulfide) groups is 1. The SMILES string of the molecule is O=C(CSc1nc2ccsc2c(=O)n1-c1ccc(Cl)cc1)N1CCCCC1. The van der Waals surface area contributed by atoms with Crippen LogP contribution in [0.1, 0.15) is 19.3 Å². The number of piperidine rings is 1. The van der Waals surface area contributed by atoms with Gasteiger partial charge in [0.15, 0.2) is 5.16 Å². The summed E-state index contributed by atoms with van der Waals surface area (Å²) < 4.78 is 2.18. The minimum absolute atomic E-state index is 0.0991. The lowest BCUT2D eigenvalue weighted by molar-refractivity contribution is -0.129. The Morgan fingerprint density at radius 1 is 1.15 bits per heavy atom. The van der Waals surface area contributed by atoms with Gasteiger partial charge in [0.2, 0.25) is 5.91 Å². The van der Waals surface area contributed by atoms with Crippen LogP contribution in [0.2, 0.25) is 5.02 Å². The van der Waals surface area contributed by atoms with Gasteiger partial charge in [-0.3, -0.25) is 14.2 Å². The van der Waals surface area contributed by atoms with Gasteiger partial charge in [-0.1, -0.05) is 23.4 Å². The molecule has 0 N–H and O–H groups in total. The van der Waals surface area contributed by atoms with E-state index in [2.05, 4.69) is 4.98 Å². The third-order valence-corrected chi connectivity index (χ3v) is 6.63. The van der Waals surface area contributed by atoms with Crippen molar-refractivity contribution >= 4 is 50.8 Å². The highest BCUT2D eigenvalue weighted by Gasteiger charge is 2.19. The molecule has 1 aromatic carbocycles. The average molecular weight is 420 g/mol. The topological polar surface area (TPSA) is 55.2 Å². The maximum Gasteiger partial charge on any atom is 0.276 e. The number of aromatic nitrogens is 2. The molecule has 1 saturated heterocycles. The van der Waals surface area contributed by atoms with Crippen LogP contribution in [-0.4, -0.2) is 39.2 Å². The molecule has 1 amide bonds. The van der Waals surface area contributed by atoms with E-state index >= 15 is 0 Å². The number of thiophene rings is 1. The highest BCUT2D eigenvalue weighted by molar-refractivity contribution is 7.99. The van der Waals surface area contributed by atoms with Gasteiger partial charge in [-0.2, -0.15) is 0 Å². The van der Waals surface area contributed by atoms with E-state index in [-0.39, 0.29) is 17.2 Å². The van der Waals surface area contributed by atoms with Gasteiger partial charge in [0.05, 0.1) is 17.0 Å². The minimum atomic E-state index is -0.120. The Bertz CT molecular complexity index is 1020. The molecule has 1 aliphatic rings. The first-order valence-corrected chi connectivity index (χ1v) is 11.0. The Hall–Kier alpha value is -1.83. The van der Waals surface area contributed by atoms with Crippen molar-refractivity contribution in [2.75, 3.05) is 18.8 Å². The lowest BCUT2D eigenvalue weighted by atomic mass is 10.1. The number of hydrogen-bond donors (Lipinski definition) is 0. The molecule has 4 rings (SSSR count). The molecule has 2 aromatic heterocycles. The van der Waals surface area contributed by atoms with Crippen LogP contribution in [0.3, 0.4) is 0 Å². The van der Waals surface area contributed by atoms with Gasteiger partial charge >= 0.3 is 0 Å². The second-order valence-electron chi connectivity index (χ2n) is 6.38. The van der Waals surface area contributed by atoms with Crippen LogP contribution in [0.25, 0.3) is 15.9 Å². The van der Waals surface area contributed by atoms with Gasteiger partial charge in [0.1, 0.15) is 4.70 Å². The first kappa shape index (κ1) is 18.5. The molecule has 140 valence electrons. The molecular formula is C19H18ClN3O2S2. The Labute approximate surface area is 170 Å². The van der Waals surface area contributed by atoms with Gasteiger partial charge < -0.3 is 4.90 Å². The largest absolute Gasteiger partial charge is 0.342 e. The molecule has 0 saturated carbocycles. The Morgan fingerprint density at radius 2 is 1.89 bits per heavy atom. The summed E-state index contributed by atoms with van der Waals surface area (Å²) in [4.78, 5) is 32.1. The summed E-state index contributed by atoms with van der Waals surface area (Å²) in [5.74, 6) is 0.373. The van der Waals surface area contributed by atoms with E-state index < -0.39 is 0 Å². The first-order chi connectivity index (χ1) is 13.1. The third-order valence-electron chi connectivity index (χ3n) is 4.57. The maximum atomic E-state index is 13.0. The zero-order valence-corrected chi connectivity index (χ0v) is 16.9. The summed E-state index contributed by atoms with van der Waals surface area (Å²) in [6.07, 6.45) is 3.30. The van der Waals surface area contributed by atoms with Gasteiger partial charge in [0, 0.05) is 18.1 Å². The van der Waals surface area contributed by atoms with E-state index in [4.69, 9.17) is 11.6 Å². The van der Waals surface area contributed by atoms with Crippen LogP contribution in [0.4, 0.5) is 0 Å². The van der Waals surface area contributed by atoms with E-state index in [1.54, 1.807) is 28.8 Å². The Morgan fingerprint density at radius 3 is 2.63 bits per heavy atom. The molecular weight excluding hydrogens is 402 g/mol. The van der Waals surface area contributed by atoms with Crippen LogP contribution < -0.4 is 5.56 Å². The van der Waals surface area contributed by atoms with E-state index in [0.717, 1.165) is 25.9 Å². The first-order valence-electron chi connectivity index (χ1n) is 8.80. The molecule has 1 aliphatic heterocycles. The summed E-state index contributed by atoms with van der Waals surface area (Å²) in [6, 6.07) is 8.91. The zero-order chi connectivity index (χ0) is 18.8. The van der Waals surface area contributed by atoms with Crippen molar-refractivity contribution in [1.29, 1.82) is 0 Å². The standard InChI is InChI=1S/C19H18ClN3O2S2/c20-13-4-6-14(7-5-13)23-18(25)17-15(8-11-26-17)21-19(23)27-12-16(24)22-9-2-1-3-10-22/h4-8,11H,1-3,9-10,12H2. The van der Waals surface area contributed by atoms with Gasteiger partial charge in [-0.25, -0.2) is 4.98 Å². The molecule has 27 heavy (non-hydrogen) atoms. The molecule has 0 bridgehead atoms. The van der Waals surface area contributed by atoms with Gasteiger partial charge in [-0.05, 0) is 55.0 Å². The summed E-state index contributed by atoms with van der Waals surface area (Å²) in [7, 11) is 0. The average Bonchev–Trinajstić information content (AvgIpc) is 3.17. The number of likely N-dealkylation sites (tertiary alicyclic amines) is 1. The number of hydrogen-bond acceptors (Lipinski definition) is 5. The number of amides is 1. The molecule has 1 fully saturated rings. The molecule has 0 radical (unpaired) electrons. The quantitative estimate of drug-likeness (QED) is 0.469. The molecule has 0 aliphatic carbocycles. The van der Waals surface area contributed by atoms with Gasteiger partial charge in [0.25, 0.3) is 5.56 Å². The lowest BCUT2D eigenvalue weighted by Gasteiger charge is -2.26. The monoisotopic (exact) mass is 419 g/mol. The predicted octanol–water partition coefficient (Wildman–Crippen LogP) is 4.21. The van der Waals surface area contributed by atoms with Crippen molar-refractivity contribution in [2.45, 2.75) is 24.4 Å². The predicted molar refractivity (Wildman–Crippen MR) is 111 cm³/mol. The lowest BCUT2D eigenvalue weighted by Crippen LogP contribution is -2.36. The van der Waals surface area contributed by atoms with Crippen molar-refractivity contribution in [1.82, 2.24) is 14.5 Å². The van der Waals surface area contributed by atoms with Crippen LogP contribution in [-0.2, 0) is 4.79 Å². The number of nitrogens with zero attached hydrogens (tertiary/aromatic N) is 3. The zero-order valence-electron chi connectivity index (χ0n) is 14.6. The number of halogens is 1. The summed E-state index contributed by atoms with van der Waals surface area (Å²) in [6.45, 7) is 1.64.